The number of benzene rings is 1. The summed E-state index contributed by atoms with van der Waals surface area (Å²) >= 11 is 0. The van der Waals surface area contributed by atoms with Gasteiger partial charge in [0.15, 0.2) is 0 Å². The molecule has 1 saturated heterocycles. The summed E-state index contributed by atoms with van der Waals surface area (Å²) in [5.41, 5.74) is 5.56. The van der Waals surface area contributed by atoms with Crippen molar-refractivity contribution in [3.05, 3.63) is 24.0 Å². The molecule has 1 unspecified atom stereocenters. The molecule has 0 spiro atoms. The molecule has 1 atom stereocenters. The van der Waals surface area contributed by atoms with Crippen LogP contribution in [0.2, 0.25) is 0 Å². The number of sulfonamides is 1. The minimum absolute atomic E-state index is 0.0147. The molecule has 1 fully saturated rings. The maximum atomic E-state index is 13.2. The van der Waals surface area contributed by atoms with Gasteiger partial charge < -0.3 is 10.6 Å². The topological polar surface area (TPSA) is 92.5 Å². The second-order valence-corrected chi connectivity index (χ2v) is 6.50. The summed E-state index contributed by atoms with van der Waals surface area (Å²) in [4.78, 5) is 12.5. The number of carbonyl (C=O) groups is 1. The van der Waals surface area contributed by atoms with Crippen molar-refractivity contribution in [2.24, 2.45) is 0 Å². The molecule has 8 heteroatoms. The second kappa shape index (κ2) is 5.37. The van der Waals surface area contributed by atoms with Crippen molar-refractivity contribution in [2.45, 2.75) is 23.8 Å². The number of rotatable bonds is 3. The molecule has 0 bridgehead atoms. The van der Waals surface area contributed by atoms with Gasteiger partial charge in [-0.05, 0) is 24.6 Å². The normalized spacial score (nSPS) is 20.2. The van der Waals surface area contributed by atoms with Crippen LogP contribution in [-0.2, 0) is 14.8 Å². The van der Waals surface area contributed by atoms with Gasteiger partial charge in [-0.3, -0.25) is 4.79 Å². The molecular formula is C12H16FN3O3S. The van der Waals surface area contributed by atoms with E-state index < -0.39 is 21.9 Å². The Morgan fingerprint density at radius 3 is 2.80 bits per heavy atom. The predicted molar refractivity (Wildman–Crippen MR) is 71.8 cm³/mol. The molecular weight excluding hydrogens is 285 g/mol. The smallest absolute Gasteiger partial charge is 0.243 e. The molecule has 1 heterocycles. The fourth-order valence-electron chi connectivity index (χ4n) is 2.13. The number of hydrogen-bond acceptors (Lipinski definition) is 4. The van der Waals surface area contributed by atoms with Crippen LogP contribution in [0.4, 0.5) is 10.1 Å². The lowest BCUT2D eigenvalue weighted by molar-refractivity contribution is -0.132. The van der Waals surface area contributed by atoms with Crippen molar-refractivity contribution >= 4 is 21.6 Å². The van der Waals surface area contributed by atoms with Crippen LogP contribution in [0.15, 0.2) is 23.1 Å². The van der Waals surface area contributed by atoms with Gasteiger partial charge in [-0.1, -0.05) is 0 Å². The second-order valence-electron chi connectivity index (χ2n) is 4.81. The summed E-state index contributed by atoms with van der Waals surface area (Å²) < 4.78 is 40.0. The predicted octanol–water partition coefficient (Wildman–Crippen LogP) is 0.307. The van der Waals surface area contributed by atoms with E-state index in [4.69, 9.17) is 5.73 Å². The van der Waals surface area contributed by atoms with Gasteiger partial charge in [0.25, 0.3) is 0 Å². The average Bonchev–Trinajstić information content (AvgIpc) is 2.36. The first-order valence-electron chi connectivity index (χ1n) is 6.11. The molecule has 3 N–H and O–H groups in total. The number of carbonyl (C=O) groups excluding carboxylic acids is 1. The van der Waals surface area contributed by atoms with Crippen molar-refractivity contribution in [1.29, 1.82) is 0 Å². The maximum Gasteiger partial charge on any atom is 0.243 e. The van der Waals surface area contributed by atoms with E-state index in [1.165, 1.54) is 11.0 Å². The number of nitrogens with two attached hydrogens (primary N) is 1. The summed E-state index contributed by atoms with van der Waals surface area (Å²) in [7, 11) is -2.30. The Bertz CT molecular complexity index is 633. The highest BCUT2D eigenvalue weighted by Crippen LogP contribution is 2.20. The van der Waals surface area contributed by atoms with E-state index in [0.717, 1.165) is 12.1 Å². The number of likely N-dealkylation sites (N-methyl/N-ethyl adjacent to an activating group) is 1. The Labute approximate surface area is 116 Å². The van der Waals surface area contributed by atoms with E-state index in [1.54, 1.807) is 7.05 Å². The summed E-state index contributed by atoms with van der Waals surface area (Å²) in [5, 5.41) is 0. The quantitative estimate of drug-likeness (QED) is 0.786. The Kier molecular flexibility index (Phi) is 3.96. The summed E-state index contributed by atoms with van der Waals surface area (Å²) in [6, 6.07) is 2.79. The van der Waals surface area contributed by atoms with Crippen LogP contribution in [0.25, 0.3) is 0 Å². The molecule has 1 amide bonds. The molecule has 1 aliphatic heterocycles. The lowest BCUT2D eigenvalue weighted by Crippen LogP contribution is -2.48. The van der Waals surface area contributed by atoms with E-state index in [9.17, 15) is 17.6 Å². The number of likely N-dealkylation sites (tertiary alicyclic amines) is 1. The van der Waals surface area contributed by atoms with Gasteiger partial charge in [-0.2, -0.15) is 0 Å². The van der Waals surface area contributed by atoms with Gasteiger partial charge in [0.05, 0.1) is 5.69 Å². The first-order chi connectivity index (χ1) is 9.29. The lowest BCUT2D eigenvalue weighted by atomic mass is 10.1. The van der Waals surface area contributed by atoms with Gasteiger partial charge in [0.1, 0.15) is 10.7 Å². The van der Waals surface area contributed by atoms with Crippen LogP contribution in [-0.4, -0.2) is 38.9 Å². The molecule has 2 rings (SSSR count). The molecule has 0 aliphatic carbocycles. The minimum atomic E-state index is -3.91. The molecule has 1 aromatic rings. The number of nitrogen functional groups attached to an aromatic ring is 1. The lowest BCUT2D eigenvalue weighted by Gasteiger charge is -2.30. The highest BCUT2D eigenvalue weighted by molar-refractivity contribution is 7.89. The zero-order valence-electron chi connectivity index (χ0n) is 11.0. The summed E-state index contributed by atoms with van der Waals surface area (Å²) in [6.45, 7) is 0.285. The number of hydrogen-bond donors (Lipinski definition) is 2. The number of piperidine rings is 1. The first-order valence-corrected chi connectivity index (χ1v) is 7.59. The van der Waals surface area contributed by atoms with Crippen molar-refractivity contribution in [1.82, 2.24) is 9.62 Å². The zero-order valence-corrected chi connectivity index (χ0v) is 11.8. The van der Waals surface area contributed by atoms with Crippen LogP contribution in [0, 0.1) is 5.82 Å². The van der Waals surface area contributed by atoms with Crippen LogP contribution in [0.1, 0.15) is 12.8 Å². The first kappa shape index (κ1) is 14.7. The largest absolute Gasteiger partial charge is 0.398 e. The molecule has 6 nitrogen and oxygen atoms in total. The molecule has 20 heavy (non-hydrogen) atoms. The van der Waals surface area contributed by atoms with Gasteiger partial charge in [-0.25, -0.2) is 17.5 Å². The Morgan fingerprint density at radius 1 is 1.45 bits per heavy atom. The van der Waals surface area contributed by atoms with Crippen LogP contribution in [0.3, 0.4) is 0 Å². The van der Waals surface area contributed by atoms with E-state index in [-0.39, 0.29) is 29.5 Å². The molecule has 0 saturated carbocycles. The third-order valence-corrected chi connectivity index (χ3v) is 4.79. The molecule has 0 radical (unpaired) electrons. The highest BCUT2D eigenvalue weighted by atomic mass is 32.2. The van der Waals surface area contributed by atoms with Gasteiger partial charge >= 0.3 is 0 Å². The number of amides is 1. The van der Waals surface area contributed by atoms with Crippen LogP contribution in [0.5, 0.6) is 0 Å². The maximum absolute atomic E-state index is 13.2. The number of nitrogens with zero attached hydrogens (tertiary/aromatic N) is 1. The Balaban J connectivity index is 2.19. The molecule has 110 valence electrons. The van der Waals surface area contributed by atoms with E-state index >= 15 is 0 Å². The Morgan fingerprint density at radius 2 is 2.15 bits per heavy atom. The summed E-state index contributed by atoms with van der Waals surface area (Å²) in [5.74, 6) is -0.693. The van der Waals surface area contributed by atoms with Crippen LogP contribution >= 0.6 is 0 Å². The van der Waals surface area contributed by atoms with Crippen molar-refractivity contribution in [3.63, 3.8) is 0 Å². The molecule has 0 aromatic heterocycles. The van der Waals surface area contributed by atoms with E-state index in [1.807, 2.05) is 0 Å². The standard InChI is InChI=1S/C12H16FN3O3S/c1-16-7-9(3-5-12(16)17)15-20(18,19)11-6-8(13)2-4-10(11)14/h2,4,6,9,15H,3,5,7,14H2,1H3. The monoisotopic (exact) mass is 301 g/mol. The van der Waals surface area contributed by atoms with Crippen molar-refractivity contribution in [2.75, 3.05) is 19.3 Å². The number of halogens is 1. The fraction of sp³-hybridized carbons (Fsp3) is 0.417. The van der Waals surface area contributed by atoms with Crippen molar-refractivity contribution < 1.29 is 17.6 Å². The molecule has 1 aliphatic rings. The van der Waals surface area contributed by atoms with E-state index in [2.05, 4.69) is 4.72 Å². The van der Waals surface area contributed by atoms with Crippen molar-refractivity contribution in [3.8, 4) is 0 Å². The number of anilines is 1. The van der Waals surface area contributed by atoms with Gasteiger partial charge in [0, 0.05) is 26.1 Å². The third-order valence-electron chi connectivity index (χ3n) is 3.21. The third kappa shape index (κ3) is 3.07. The zero-order chi connectivity index (χ0) is 14.9. The molecule has 1 aromatic carbocycles. The summed E-state index contributed by atoms with van der Waals surface area (Å²) in [6.07, 6.45) is 0.694. The number of nitrogens with one attached hydrogen (secondary N) is 1. The fourth-order valence-corrected chi connectivity index (χ4v) is 3.54. The Hall–Kier alpha value is -1.67. The van der Waals surface area contributed by atoms with Gasteiger partial charge in [0.2, 0.25) is 15.9 Å². The minimum Gasteiger partial charge on any atom is -0.398 e. The average molecular weight is 301 g/mol. The van der Waals surface area contributed by atoms with Crippen LogP contribution < -0.4 is 10.5 Å². The highest BCUT2D eigenvalue weighted by Gasteiger charge is 2.28. The van der Waals surface area contributed by atoms with Gasteiger partial charge in [-0.15, -0.1) is 0 Å². The SMILES string of the molecule is CN1CC(NS(=O)(=O)c2cc(F)ccc2N)CCC1=O. The van der Waals surface area contributed by atoms with E-state index in [0.29, 0.717) is 6.42 Å².